The summed E-state index contributed by atoms with van der Waals surface area (Å²) in [4.78, 5) is 2.14. The van der Waals surface area contributed by atoms with Gasteiger partial charge in [0.2, 0.25) is 0 Å². The van der Waals surface area contributed by atoms with E-state index in [0.29, 0.717) is 12.5 Å². The van der Waals surface area contributed by atoms with Gasteiger partial charge in [0.1, 0.15) is 11.5 Å². The van der Waals surface area contributed by atoms with Crippen LogP contribution in [0.2, 0.25) is 0 Å². The number of aliphatic hydroxyl groups excluding tert-OH is 1. The van der Waals surface area contributed by atoms with E-state index in [1.165, 1.54) is 0 Å². The van der Waals surface area contributed by atoms with Crippen molar-refractivity contribution in [3.05, 3.63) is 23.8 Å². The molecule has 1 aromatic rings. The van der Waals surface area contributed by atoms with Crippen molar-refractivity contribution in [3.63, 3.8) is 0 Å². The third-order valence-electron chi connectivity index (χ3n) is 3.43. The number of likely N-dealkylation sites (N-methyl/N-ethyl adjacent to an activating group) is 1. The predicted molar refractivity (Wildman–Crippen MR) is 76.7 cm³/mol. The minimum Gasteiger partial charge on any atom is -0.497 e. The fourth-order valence-corrected chi connectivity index (χ4v) is 2.25. The molecule has 1 aromatic carbocycles. The Morgan fingerprint density at radius 2 is 1.89 bits per heavy atom. The van der Waals surface area contributed by atoms with Crippen LogP contribution in [0.3, 0.4) is 0 Å². The molecule has 1 atom stereocenters. The van der Waals surface area contributed by atoms with Gasteiger partial charge in [0.25, 0.3) is 0 Å². The molecule has 0 aliphatic carbocycles. The van der Waals surface area contributed by atoms with Gasteiger partial charge in [0.05, 0.1) is 20.8 Å². The summed E-state index contributed by atoms with van der Waals surface area (Å²) in [6.45, 7) is 5.09. The summed E-state index contributed by atoms with van der Waals surface area (Å²) < 4.78 is 10.6. The molecule has 0 saturated heterocycles. The molecule has 0 aliphatic heterocycles. The molecule has 0 heterocycles. The van der Waals surface area contributed by atoms with Gasteiger partial charge in [-0.1, -0.05) is 13.8 Å². The quantitative estimate of drug-likeness (QED) is 0.822. The average molecular weight is 267 g/mol. The van der Waals surface area contributed by atoms with Crippen LogP contribution in [0, 0.1) is 5.92 Å². The first-order valence-corrected chi connectivity index (χ1v) is 6.55. The van der Waals surface area contributed by atoms with E-state index in [4.69, 9.17) is 9.47 Å². The summed E-state index contributed by atoms with van der Waals surface area (Å²) in [5.74, 6) is 2.05. The lowest BCUT2D eigenvalue weighted by atomic mass is 10.0. The van der Waals surface area contributed by atoms with Gasteiger partial charge < -0.3 is 14.6 Å². The molecule has 0 spiro atoms. The molecule has 0 saturated carbocycles. The van der Waals surface area contributed by atoms with Crippen LogP contribution in [0.15, 0.2) is 18.2 Å². The molecule has 1 N–H and O–H groups in total. The number of hydrogen-bond donors (Lipinski definition) is 1. The summed E-state index contributed by atoms with van der Waals surface area (Å²) in [6.07, 6.45) is 0. The van der Waals surface area contributed by atoms with Crippen molar-refractivity contribution in [1.29, 1.82) is 0 Å². The zero-order valence-electron chi connectivity index (χ0n) is 12.5. The van der Waals surface area contributed by atoms with Crippen LogP contribution >= 0.6 is 0 Å². The first kappa shape index (κ1) is 15.8. The Balaban J connectivity index is 2.90. The first-order valence-electron chi connectivity index (χ1n) is 6.55. The minimum absolute atomic E-state index is 0.135. The van der Waals surface area contributed by atoms with Crippen molar-refractivity contribution < 1.29 is 14.6 Å². The SMILES string of the molecule is COc1ccc(OC)c(CN(C)C(CO)C(C)C)c1. The van der Waals surface area contributed by atoms with Gasteiger partial charge in [-0.2, -0.15) is 0 Å². The maximum atomic E-state index is 9.47. The van der Waals surface area contributed by atoms with Crippen LogP contribution in [-0.2, 0) is 6.54 Å². The molecule has 0 aliphatic rings. The van der Waals surface area contributed by atoms with Crippen LogP contribution in [0.1, 0.15) is 19.4 Å². The Bertz CT molecular complexity index is 393. The van der Waals surface area contributed by atoms with Crippen molar-refractivity contribution in [3.8, 4) is 11.5 Å². The number of ether oxygens (including phenoxy) is 2. The Hall–Kier alpha value is -1.26. The number of nitrogens with zero attached hydrogens (tertiary/aromatic N) is 1. The van der Waals surface area contributed by atoms with Crippen molar-refractivity contribution >= 4 is 0 Å². The van der Waals surface area contributed by atoms with Gasteiger partial charge in [0, 0.05) is 18.2 Å². The monoisotopic (exact) mass is 267 g/mol. The largest absolute Gasteiger partial charge is 0.497 e. The van der Waals surface area contributed by atoms with E-state index >= 15 is 0 Å². The Labute approximate surface area is 115 Å². The molecule has 1 unspecified atom stereocenters. The highest BCUT2D eigenvalue weighted by atomic mass is 16.5. The second-order valence-electron chi connectivity index (χ2n) is 5.09. The molecule has 0 radical (unpaired) electrons. The molecule has 4 heteroatoms. The van der Waals surface area contributed by atoms with Crippen molar-refractivity contribution in [2.24, 2.45) is 5.92 Å². The molecule has 0 fully saturated rings. The molecule has 0 aromatic heterocycles. The van der Waals surface area contributed by atoms with Gasteiger partial charge in [-0.3, -0.25) is 4.90 Å². The van der Waals surface area contributed by atoms with Crippen molar-refractivity contribution in [1.82, 2.24) is 4.90 Å². The maximum Gasteiger partial charge on any atom is 0.123 e. The van der Waals surface area contributed by atoms with E-state index in [0.717, 1.165) is 17.1 Å². The number of benzene rings is 1. The van der Waals surface area contributed by atoms with E-state index in [-0.39, 0.29) is 12.6 Å². The molecular formula is C15H25NO3. The molecule has 0 amide bonds. The highest BCUT2D eigenvalue weighted by molar-refractivity contribution is 5.40. The van der Waals surface area contributed by atoms with Gasteiger partial charge in [0.15, 0.2) is 0 Å². The highest BCUT2D eigenvalue weighted by Gasteiger charge is 2.19. The van der Waals surface area contributed by atoms with E-state index in [1.54, 1.807) is 14.2 Å². The first-order chi connectivity index (χ1) is 9.03. The topological polar surface area (TPSA) is 41.9 Å². The van der Waals surface area contributed by atoms with Gasteiger partial charge in [-0.25, -0.2) is 0 Å². The normalized spacial score (nSPS) is 12.8. The van der Waals surface area contributed by atoms with E-state index in [2.05, 4.69) is 18.7 Å². The number of aliphatic hydroxyl groups is 1. The lowest BCUT2D eigenvalue weighted by Gasteiger charge is -2.30. The van der Waals surface area contributed by atoms with Crippen LogP contribution in [0.5, 0.6) is 11.5 Å². The zero-order valence-corrected chi connectivity index (χ0v) is 12.5. The van der Waals surface area contributed by atoms with E-state index in [1.807, 2.05) is 25.2 Å². The fraction of sp³-hybridized carbons (Fsp3) is 0.600. The minimum atomic E-state index is 0.135. The second kappa shape index (κ2) is 7.36. The Morgan fingerprint density at radius 3 is 2.37 bits per heavy atom. The van der Waals surface area contributed by atoms with E-state index in [9.17, 15) is 5.11 Å². The Kier molecular flexibility index (Phi) is 6.12. The fourth-order valence-electron chi connectivity index (χ4n) is 2.25. The third-order valence-corrected chi connectivity index (χ3v) is 3.43. The van der Waals surface area contributed by atoms with Crippen molar-refractivity contribution in [2.75, 3.05) is 27.9 Å². The van der Waals surface area contributed by atoms with Gasteiger partial charge >= 0.3 is 0 Å². The number of methoxy groups -OCH3 is 2. The summed E-state index contributed by atoms with van der Waals surface area (Å²) in [5, 5.41) is 9.47. The molecular weight excluding hydrogens is 242 g/mol. The lowest BCUT2D eigenvalue weighted by molar-refractivity contribution is 0.107. The standard InChI is InChI=1S/C15H25NO3/c1-11(2)14(10-17)16(3)9-12-8-13(18-4)6-7-15(12)19-5/h6-8,11,14,17H,9-10H2,1-5H3. The van der Waals surface area contributed by atoms with Crippen LogP contribution in [0.25, 0.3) is 0 Å². The number of hydrogen-bond acceptors (Lipinski definition) is 4. The molecule has 1 rings (SSSR count). The highest BCUT2D eigenvalue weighted by Crippen LogP contribution is 2.26. The number of rotatable bonds is 7. The molecule has 108 valence electrons. The van der Waals surface area contributed by atoms with Crippen molar-refractivity contribution in [2.45, 2.75) is 26.4 Å². The summed E-state index contributed by atoms with van der Waals surface area (Å²) >= 11 is 0. The van der Waals surface area contributed by atoms with E-state index < -0.39 is 0 Å². The van der Waals surface area contributed by atoms with Crippen LogP contribution in [-0.4, -0.2) is 43.9 Å². The molecule has 4 nitrogen and oxygen atoms in total. The summed E-state index contributed by atoms with van der Waals surface area (Å²) in [7, 11) is 5.33. The van der Waals surface area contributed by atoms with Crippen LogP contribution < -0.4 is 9.47 Å². The molecule has 19 heavy (non-hydrogen) atoms. The van der Waals surface area contributed by atoms with Gasteiger partial charge in [-0.15, -0.1) is 0 Å². The summed E-state index contributed by atoms with van der Waals surface area (Å²) in [5.41, 5.74) is 1.06. The second-order valence-corrected chi connectivity index (χ2v) is 5.09. The van der Waals surface area contributed by atoms with Crippen LogP contribution in [0.4, 0.5) is 0 Å². The van der Waals surface area contributed by atoms with Gasteiger partial charge in [-0.05, 0) is 31.2 Å². The predicted octanol–water partition coefficient (Wildman–Crippen LogP) is 2.15. The average Bonchev–Trinajstić information content (AvgIpc) is 2.38. The lowest BCUT2D eigenvalue weighted by Crippen LogP contribution is -2.38. The Morgan fingerprint density at radius 1 is 1.21 bits per heavy atom. The molecule has 0 bridgehead atoms. The maximum absolute atomic E-state index is 9.47. The summed E-state index contributed by atoms with van der Waals surface area (Å²) in [6, 6.07) is 5.90. The zero-order chi connectivity index (χ0) is 14.4. The smallest absolute Gasteiger partial charge is 0.123 e. The third kappa shape index (κ3) is 4.11.